The largest absolute Gasteiger partial charge is 0.356 e. The first-order chi connectivity index (χ1) is 43.7. The highest BCUT2D eigenvalue weighted by Gasteiger charge is 2.22. The number of nitrogens with two attached hydrogens (primary N) is 1. The predicted octanol–water partition coefficient (Wildman–Crippen LogP) is 0.696. The molecule has 33 nitrogen and oxygen atoms in total. The van der Waals surface area contributed by atoms with Gasteiger partial charge in [-0.15, -0.1) is 0 Å². The lowest BCUT2D eigenvalue weighted by Crippen LogP contribution is -2.35. The maximum atomic E-state index is 13.3. The molecule has 33 heteroatoms. The van der Waals surface area contributed by atoms with Gasteiger partial charge in [-0.3, -0.25) is 47.9 Å². The maximum Gasteiger partial charge on any atom is 0.287 e. The third-order valence-electron chi connectivity index (χ3n) is 14.0. The van der Waals surface area contributed by atoms with Crippen molar-refractivity contribution in [2.75, 3.05) is 114 Å². The van der Waals surface area contributed by atoms with Crippen LogP contribution in [0.3, 0.4) is 0 Å². The Morgan fingerprint density at radius 1 is 0.413 bits per heavy atom. The first-order valence-electron chi connectivity index (χ1n) is 29.7. The van der Waals surface area contributed by atoms with Gasteiger partial charge in [-0.05, 0) is 70.2 Å². The van der Waals surface area contributed by atoms with E-state index in [4.69, 9.17) is 5.73 Å². The lowest BCUT2D eigenvalue weighted by Gasteiger charge is -2.22. The van der Waals surface area contributed by atoms with Gasteiger partial charge in [0.2, 0.25) is 41.2 Å². The number of amides is 10. The lowest BCUT2D eigenvalue weighted by molar-refractivity contribution is -0.121. The molecule has 0 saturated carbocycles. The smallest absolute Gasteiger partial charge is 0.287 e. The first kappa shape index (κ1) is 70.5. The van der Waals surface area contributed by atoms with Crippen molar-refractivity contribution in [1.29, 1.82) is 0 Å². The second-order valence-corrected chi connectivity index (χ2v) is 22.3. The maximum absolute atomic E-state index is 13.3. The van der Waals surface area contributed by atoms with E-state index < -0.39 is 47.3 Å². The fourth-order valence-corrected chi connectivity index (χ4v) is 9.43. The van der Waals surface area contributed by atoms with E-state index in [1.54, 1.807) is 82.3 Å². The summed E-state index contributed by atoms with van der Waals surface area (Å²) in [6.45, 7) is 3.02. The highest BCUT2D eigenvalue weighted by molar-refractivity contribution is 6.06. The van der Waals surface area contributed by atoms with Crippen LogP contribution in [0.4, 0.5) is 34.4 Å². The normalized spacial score (nSPS) is 10.9. The van der Waals surface area contributed by atoms with Gasteiger partial charge in [0.25, 0.3) is 35.4 Å². The summed E-state index contributed by atoms with van der Waals surface area (Å²) in [5.74, 6) is -3.57. The van der Waals surface area contributed by atoms with Crippen LogP contribution in [0.2, 0.25) is 0 Å². The summed E-state index contributed by atoms with van der Waals surface area (Å²) in [7, 11) is 19.2. The summed E-state index contributed by atoms with van der Waals surface area (Å²) in [6.07, 6.45) is 11.2. The number of aromatic nitrogens is 8. The molecular formula is C59H85N23O10. The van der Waals surface area contributed by atoms with Crippen molar-refractivity contribution in [2.45, 2.75) is 44.9 Å². The molecule has 6 heterocycles. The number of nitrogens with zero attached hydrogens (tertiary/aromatic N) is 12. The van der Waals surface area contributed by atoms with Crippen LogP contribution in [-0.2, 0) is 61.5 Å². The molecular weight excluding hydrogens is 1190 g/mol. The van der Waals surface area contributed by atoms with Gasteiger partial charge in [0.05, 0.1) is 22.7 Å². The molecule has 0 aromatic carbocycles. The Labute approximate surface area is 532 Å². The van der Waals surface area contributed by atoms with Crippen molar-refractivity contribution in [3.8, 4) is 0 Å². The number of aryl methyl sites for hydroxylation is 6. The van der Waals surface area contributed by atoms with Gasteiger partial charge >= 0.3 is 0 Å². The van der Waals surface area contributed by atoms with Gasteiger partial charge < -0.3 is 101 Å². The second kappa shape index (κ2) is 33.3. The van der Waals surface area contributed by atoms with E-state index in [2.05, 4.69) is 73.0 Å². The summed E-state index contributed by atoms with van der Waals surface area (Å²) in [5.41, 5.74) is 8.18. The second-order valence-electron chi connectivity index (χ2n) is 22.3. The predicted molar refractivity (Wildman–Crippen MR) is 346 cm³/mol. The number of aliphatic imine (C=N–C) groups is 1. The Morgan fingerprint density at radius 2 is 0.815 bits per heavy atom. The molecule has 6 aromatic rings. The summed E-state index contributed by atoms with van der Waals surface area (Å²) < 4.78 is 9.09. The van der Waals surface area contributed by atoms with Crippen molar-refractivity contribution < 1.29 is 47.9 Å². The molecule has 12 N–H and O–H groups in total. The summed E-state index contributed by atoms with van der Waals surface area (Å²) in [6, 6.07) is 6.12. The molecule has 0 unspecified atom stereocenters. The number of imidazole rings is 2. The van der Waals surface area contributed by atoms with E-state index in [1.165, 1.54) is 48.9 Å². The van der Waals surface area contributed by atoms with E-state index in [-0.39, 0.29) is 110 Å². The van der Waals surface area contributed by atoms with Crippen LogP contribution in [0.25, 0.3) is 0 Å². The summed E-state index contributed by atoms with van der Waals surface area (Å²) in [4.78, 5) is 148. The van der Waals surface area contributed by atoms with Crippen molar-refractivity contribution in [2.24, 2.45) is 53.0 Å². The molecule has 6 aromatic heterocycles. The van der Waals surface area contributed by atoms with Crippen LogP contribution in [0.5, 0.6) is 0 Å². The zero-order valence-electron chi connectivity index (χ0n) is 53.9. The number of rotatable bonds is 32. The Balaban J connectivity index is 0.841. The third-order valence-corrected chi connectivity index (χ3v) is 14.0. The number of hydrogen-bond acceptors (Lipinski definition) is 15. The fraction of sp³-hybridized carbons (Fsp3) is 0.441. The molecule has 0 aliphatic carbocycles. The Kier molecular flexibility index (Phi) is 25.5. The Hall–Kier alpha value is -10.6. The van der Waals surface area contributed by atoms with Crippen molar-refractivity contribution in [3.05, 3.63) is 95.9 Å². The topological polar surface area (TPSA) is 394 Å². The van der Waals surface area contributed by atoms with Crippen LogP contribution >= 0.6 is 0 Å². The fourth-order valence-electron chi connectivity index (χ4n) is 9.43. The SMILES string of the molecule is CN(CCCN)CCCNC(=O)CCNC(=O)c1cc(NC(=O)c2cc(NC(=O)CCNC(=O)c3cc(NC(=O)CCCNC(=O)c4nc(NC(=O)CCNC(=O)c5nc(NC(=O)c6cc(N=C(N(C)C)N(C)C)cn6C)cn5C)cn4C)cn3C)cn2C)cn1C. The molecule has 0 radical (unpaired) electrons. The number of nitrogens with one attached hydrogen (secondary N) is 10. The molecule has 0 aliphatic heterocycles. The molecule has 0 atom stereocenters. The molecule has 0 aliphatic rings. The average molecular weight is 1280 g/mol. The highest BCUT2D eigenvalue weighted by atomic mass is 16.2. The van der Waals surface area contributed by atoms with Crippen LogP contribution in [-0.4, -0.2) is 205 Å². The lowest BCUT2D eigenvalue weighted by atomic mass is 10.3. The van der Waals surface area contributed by atoms with Gasteiger partial charge in [0.1, 0.15) is 22.8 Å². The standard InChI is InChI=1S/C59H85N23O10/c1-74(2)59(75(3)4)69-40-30-44(80(9)34-40)56(90)73-46-36-82(11)52(72-46)58(92)65-24-18-50(86)70-45-35-81(10)51(71-45)57(91)62-20-12-15-48(84)66-37-27-41(77(6)31-37)53(87)64-23-17-49(85)67-38-28-43(79(8)32-38)55(89)68-39-29-42(78(7)33-39)54(88)63-22-16-47(83)61-21-14-26-76(5)25-13-19-60/h27-36H,12-26,60H2,1-11H3,(H,61,83)(H,62,91)(H,63,88)(H,64,87)(H,65,92)(H,66,84)(H,67,85)(H,68,89)(H,70,86)(H,73,90). The quantitative estimate of drug-likeness (QED) is 0.0157. The minimum atomic E-state index is -0.583. The van der Waals surface area contributed by atoms with Crippen LogP contribution in [0.15, 0.2) is 66.4 Å². The summed E-state index contributed by atoms with van der Waals surface area (Å²) in [5, 5.41) is 27.2. The minimum absolute atomic E-state index is 0.00486. The third kappa shape index (κ3) is 20.8. The molecule has 496 valence electrons. The number of hydrogen-bond donors (Lipinski definition) is 11. The van der Waals surface area contributed by atoms with E-state index in [9.17, 15) is 47.9 Å². The summed E-state index contributed by atoms with van der Waals surface area (Å²) >= 11 is 0. The molecule has 6 rings (SSSR count). The first-order valence-corrected chi connectivity index (χ1v) is 29.7. The minimum Gasteiger partial charge on any atom is -0.356 e. The molecule has 0 spiro atoms. The highest BCUT2D eigenvalue weighted by Crippen LogP contribution is 2.21. The zero-order chi connectivity index (χ0) is 67.3. The van der Waals surface area contributed by atoms with Crippen LogP contribution < -0.4 is 58.9 Å². The van der Waals surface area contributed by atoms with E-state index >= 15 is 0 Å². The molecule has 0 bridgehead atoms. The number of anilines is 5. The van der Waals surface area contributed by atoms with Crippen molar-refractivity contribution in [1.82, 2.24) is 78.7 Å². The van der Waals surface area contributed by atoms with Crippen molar-refractivity contribution >= 4 is 99.4 Å². The molecule has 10 amide bonds. The van der Waals surface area contributed by atoms with Gasteiger partial charge in [-0.2, -0.15) is 0 Å². The van der Waals surface area contributed by atoms with Gasteiger partial charge in [0.15, 0.2) is 11.6 Å². The molecule has 92 heavy (non-hydrogen) atoms. The Bertz CT molecular complexity index is 3660. The molecule has 0 fully saturated rings. The van der Waals surface area contributed by atoms with Gasteiger partial charge in [0, 0.05) is 166 Å². The zero-order valence-corrected chi connectivity index (χ0v) is 53.9. The number of carbonyl (C=O) groups excluding carboxylic acids is 10. The number of guanidine groups is 1. The van der Waals surface area contributed by atoms with E-state index in [0.29, 0.717) is 47.5 Å². The van der Waals surface area contributed by atoms with E-state index in [1.807, 2.05) is 45.0 Å². The van der Waals surface area contributed by atoms with Crippen LogP contribution in [0.1, 0.15) is 108 Å². The average Bonchev–Trinajstić information content (AvgIpc) is 1.82. The van der Waals surface area contributed by atoms with Crippen molar-refractivity contribution in [3.63, 3.8) is 0 Å². The molecule has 0 saturated heterocycles. The number of carbonyl (C=O) groups is 10. The monoisotopic (exact) mass is 1280 g/mol. The van der Waals surface area contributed by atoms with Gasteiger partial charge in [-0.1, -0.05) is 0 Å². The van der Waals surface area contributed by atoms with E-state index in [0.717, 1.165) is 25.9 Å². The Morgan fingerprint density at radius 3 is 1.34 bits per heavy atom. The van der Waals surface area contributed by atoms with Crippen LogP contribution in [0, 0.1) is 0 Å². The van der Waals surface area contributed by atoms with Gasteiger partial charge in [-0.25, -0.2) is 15.0 Å².